The smallest absolute Gasteiger partial charge is 0.251 e. The van der Waals surface area contributed by atoms with E-state index >= 15 is 0 Å². The Kier molecular flexibility index (Phi) is 6.69. The Morgan fingerprint density at radius 1 is 0.976 bits per heavy atom. The molecule has 0 radical (unpaired) electrons. The summed E-state index contributed by atoms with van der Waals surface area (Å²) in [6, 6.07) is 23.5. The summed E-state index contributed by atoms with van der Waals surface area (Å²) >= 11 is 6.50. The zero-order chi connectivity index (χ0) is 28.2. The van der Waals surface area contributed by atoms with E-state index in [1.807, 2.05) is 54.6 Å². The fourth-order valence-electron chi connectivity index (χ4n) is 7.34. The van der Waals surface area contributed by atoms with Crippen LogP contribution in [-0.4, -0.2) is 58.4 Å². The number of ether oxygens (including phenoxy) is 2. The van der Waals surface area contributed by atoms with Crippen molar-refractivity contribution in [2.24, 2.45) is 5.92 Å². The van der Waals surface area contributed by atoms with Gasteiger partial charge in [0, 0.05) is 33.6 Å². The molecule has 3 saturated heterocycles. The van der Waals surface area contributed by atoms with E-state index in [2.05, 4.69) is 32.5 Å². The zero-order valence-corrected chi connectivity index (χ0v) is 24.2. The highest BCUT2D eigenvalue weighted by atomic mass is 35.5. The Hall–Kier alpha value is -3.39. The molecular weight excluding hydrogens is 548 g/mol. The van der Waals surface area contributed by atoms with Crippen molar-refractivity contribution < 1.29 is 14.3 Å². The quantitative estimate of drug-likeness (QED) is 0.247. The maximum atomic E-state index is 13.4. The molecule has 1 amide bonds. The molecule has 4 fully saturated rings. The third kappa shape index (κ3) is 4.87. The Labute approximate surface area is 250 Å². The first kappa shape index (κ1) is 26.3. The van der Waals surface area contributed by atoms with Crippen molar-refractivity contribution in [1.29, 1.82) is 0 Å². The third-order valence-electron chi connectivity index (χ3n) is 9.66. The zero-order valence-electron chi connectivity index (χ0n) is 23.5. The molecule has 4 heterocycles. The molecule has 2 N–H and O–H groups in total. The van der Waals surface area contributed by atoms with E-state index in [4.69, 9.17) is 21.1 Å². The number of nitrogens with zero attached hydrogens (tertiary/aromatic N) is 2. The van der Waals surface area contributed by atoms with E-state index in [0.717, 1.165) is 72.4 Å². The minimum Gasteiger partial charge on any atom is -0.490 e. The number of aromatic nitrogens is 2. The number of aromatic amines is 1. The number of piperidine rings is 1. The van der Waals surface area contributed by atoms with Crippen LogP contribution in [0, 0.1) is 5.92 Å². The highest BCUT2D eigenvalue weighted by Crippen LogP contribution is 2.43. The summed E-state index contributed by atoms with van der Waals surface area (Å²) in [6.07, 6.45) is 7.15. The van der Waals surface area contributed by atoms with Gasteiger partial charge in [0.05, 0.1) is 36.5 Å². The second-order valence-corrected chi connectivity index (χ2v) is 12.8. The highest BCUT2D eigenvalue weighted by molar-refractivity contribution is 6.31. The van der Waals surface area contributed by atoms with E-state index in [1.54, 1.807) is 0 Å². The van der Waals surface area contributed by atoms with Gasteiger partial charge in [-0.25, -0.2) is 0 Å². The SMILES string of the molecule is O=C(NC(c1ccccc1Cl)C1CC1)c1ccc2[nH]nc(-c3ccc(OC4CC5CCC(C4)N5C4COC4)cc3)c2c1. The number of nitrogens with one attached hydrogen (secondary N) is 2. The summed E-state index contributed by atoms with van der Waals surface area (Å²) < 4.78 is 11.9. The van der Waals surface area contributed by atoms with Gasteiger partial charge in [-0.2, -0.15) is 5.10 Å². The Morgan fingerprint density at radius 3 is 2.43 bits per heavy atom. The lowest BCUT2D eigenvalue weighted by Crippen LogP contribution is -2.57. The molecule has 4 aromatic rings. The van der Waals surface area contributed by atoms with Gasteiger partial charge in [0.25, 0.3) is 5.91 Å². The molecule has 3 aliphatic heterocycles. The molecule has 0 spiro atoms. The number of H-pyrrole nitrogens is 1. The van der Waals surface area contributed by atoms with Gasteiger partial charge in [-0.15, -0.1) is 0 Å². The molecule has 1 aliphatic carbocycles. The summed E-state index contributed by atoms with van der Waals surface area (Å²) in [5, 5.41) is 12.6. The minimum atomic E-state index is -0.102. The van der Waals surface area contributed by atoms with Crippen LogP contribution >= 0.6 is 11.6 Å². The summed E-state index contributed by atoms with van der Waals surface area (Å²) in [4.78, 5) is 16.2. The average molecular weight is 583 g/mol. The van der Waals surface area contributed by atoms with Crippen molar-refractivity contribution in [3.8, 4) is 17.0 Å². The van der Waals surface area contributed by atoms with Gasteiger partial charge in [0.1, 0.15) is 11.9 Å². The van der Waals surface area contributed by atoms with Crippen molar-refractivity contribution in [3.05, 3.63) is 82.9 Å². The topological polar surface area (TPSA) is 79.5 Å². The van der Waals surface area contributed by atoms with Crippen molar-refractivity contribution in [2.75, 3.05) is 13.2 Å². The number of carbonyl (C=O) groups excluding carboxylic acids is 1. The molecule has 7 nitrogen and oxygen atoms in total. The first-order chi connectivity index (χ1) is 20.6. The number of halogens is 1. The lowest BCUT2D eigenvalue weighted by molar-refractivity contribution is -0.102. The van der Waals surface area contributed by atoms with E-state index in [9.17, 15) is 4.79 Å². The van der Waals surface area contributed by atoms with Crippen LogP contribution in [0.5, 0.6) is 5.75 Å². The molecule has 4 aliphatic rings. The molecule has 1 saturated carbocycles. The van der Waals surface area contributed by atoms with Crippen molar-refractivity contribution in [2.45, 2.75) is 68.8 Å². The van der Waals surface area contributed by atoms with Gasteiger partial charge in [0.15, 0.2) is 0 Å². The maximum absolute atomic E-state index is 13.4. The summed E-state index contributed by atoms with van der Waals surface area (Å²) in [6.45, 7) is 1.77. The van der Waals surface area contributed by atoms with Gasteiger partial charge in [-0.05, 0) is 98.5 Å². The van der Waals surface area contributed by atoms with E-state index in [1.165, 1.54) is 12.8 Å². The van der Waals surface area contributed by atoms with Gasteiger partial charge in [0.2, 0.25) is 0 Å². The second kappa shape index (κ2) is 10.7. The van der Waals surface area contributed by atoms with Gasteiger partial charge in [-0.1, -0.05) is 29.8 Å². The molecule has 216 valence electrons. The summed E-state index contributed by atoms with van der Waals surface area (Å²) in [5.41, 5.74) is 4.29. The number of hydrogen-bond acceptors (Lipinski definition) is 5. The second-order valence-electron chi connectivity index (χ2n) is 12.4. The van der Waals surface area contributed by atoms with Crippen LogP contribution in [-0.2, 0) is 4.74 Å². The van der Waals surface area contributed by atoms with Crippen LogP contribution in [0.1, 0.15) is 60.5 Å². The van der Waals surface area contributed by atoms with Crippen molar-refractivity contribution in [3.63, 3.8) is 0 Å². The largest absolute Gasteiger partial charge is 0.490 e. The minimum absolute atomic E-state index is 0.0899. The average Bonchev–Trinajstić information content (AvgIpc) is 3.69. The van der Waals surface area contributed by atoms with Crippen LogP contribution in [0.25, 0.3) is 22.2 Å². The summed E-state index contributed by atoms with van der Waals surface area (Å²) in [7, 11) is 0. The molecule has 3 aromatic carbocycles. The number of benzene rings is 3. The number of fused-ring (bicyclic) bond motifs is 3. The molecule has 3 unspecified atom stereocenters. The standard InChI is InChI=1S/C34H35ClN4O3/c35-30-4-2-1-3-28(30)32(20-5-6-20)36-34(40)22-9-14-31-29(15-22)33(38-37-31)21-7-12-26(13-8-21)42-27-16-23-10-11-24(17-27)39(23)25-18-41-19-25/h1-4,7-9,12-15,20,23-25,27,32H,5-6,10-11,16-19H2,(H,36,40)(H,37,38). The fraction of sp³-hybridized carbons (Fsp3) is 0.412. The van der Waals surface area contributed by atoms with E-state index in [-0.39, 0.29) is 18.1 Å². The lowest BCUT2D eigenvalue weighted by Gasteiger charge is -2.46. The van der Waals surface area contributed by atoms with Crippen LogP contribution in [0.15, 0.2) is 66.7 Å². The number of carbonyl (C=O) groups is 1. The van der Waals surface area contributed by atoms with E-state index in [0.29, 0.717) is 34.6 Å². The van der Waals surface area contributed by atoms with Crippen LogP contribution in [0.4, 0.5) is 0 Å². The van der Waals surface area contributed by atoms with Gasteiger partial charge in [-0.3, -0.25) is 14.8 Å². The maximum Gasteiger partial charge on any atom is 0.251 e. The van der Waals surface area contributed by atoms with Gasteiger partial charge >= 0.3 is 0 Å². The highest BCUT2D eigenvalue weighted by Gasteiger charge is 2.46. The molecule has 3 atom stereocenters. The van der Waals surface area contributed by atoms with Crippen molar-refractivity contribution in [1.82, 2.24) is 20.4 Å². The lowest BCUT2D eigenvalue weighted by atomic mass is 9.96. The van der Waals surface area contributed by atoms with Crippen LogP contribution in [0.2, 0.25) is 5.02 Å². The molecule has 1 aromatic heterocycles. The van der Waals surface area contributed by atoms with Crippen LogP contribution < -0.4 is 10.1 Å². The Bertz CT molecular complexity index is 1600. The number of amides is 1. The molecule has 8 rings (SSSR count). The Morgan fingerprint density at radius 2 is 1.74 bits per heavy atom. The normalized spacial score (nSPS) is 24.8. The first-order valence-electron chi connectivity index (χ1n) is 15.3. The molecule has 2 bridgehead atoms. The number of rotatable bonds is 8. The monoisotopic (exact) mass is 582 g/mol. The molecular formula is C34H35ClN4O3. The molecule has 42 heavy (non-hydrogen) atoms. The van der Waals surface area contributed by atoms with Crippen LogP contribution in [0.3, 0.4) is 0 Å². The third-order valence-corrected chi connectivity index (χ3v) is 10.0. The fourth-order valence-corrected chi connectivity index (χ4v) is 7.59. The van der Waals surface area contributed by atoms with Crippen molar-refractivity contribution >= 4 is 28.4 Å². The predicted octanol–water partition coefficient (Wildman–Crippen LogP) is 6.54. The first-order valence-corrected chi connectivity index (χ1v) is 15.6. The summed E-state index contributed by atoms with van der Waals surface area (Å²) in [5.74, 6) is 1.21. The number of hydrogen-bond donors (Lipinski definition) is 2. The Balaban J connectivity index is 0.974. The van der Waals surface area contributed by atoms with Gasteiger partial charge < -0.3 is 14.8 Å². The van der Waals surface area contributed by atoms with E-state index < -0.39 is 0 Å². The molecule has 8 heteroatoms. The predicted molar refractivity (Wildman–Crippen MR) is 163 cm³/mol.